The molecule has 0 aliphatic rings. The molecule has 2 heteroatoms. The Morgan fingerprint density at radius 1 is 1.06 bits per heavy atom. The maximum atomic E-state index is 9.16. The third kappa shape index (κ3) is 2.52. The monoisotopic (exact) mass is 223 g/mol. The van der Waals surface area contributed by atoms with Gasteiger partial charge in [0.25, 0.3) is 0 Å². The molecule has 0 aliphatic heterocycles. The zero-order valence-corrected chi connectivity index (χ0v) is 9.43. The molecule has 2 aromatic rings. The number of hydrogen-bond acceptors (Lipinski definition) is 2. The van der Waals surface area contributed by atoms with Crippen molar-refractivity contribution >= 4 is 0 Å². The lowest BCUT2D eigenvalue weighted by Crippen LogP contribution is -1.93. The van der Waals surface area contributed by atoms with E-state index in [1.807, 2.05) is 48.5 Å². The van der Waals surface area contributed by atoms with Gasteiger partial charge in [0.05, 0.1) is 11.6 Å². The van der Waals surface area contributed by atoms with Gasteiger partial charge in [-0.3, -0.25) is 0 Å². The van der Waals surface area contributed by atoms with Crippen molar-refractivity contribution in [3.63, 3.8) is 0 Å². The van der Waals surface area contributed by atoms with Gasteiger partial charge in [-0.1, -0.05) is 42.5 Å². The lowest BCUT2D eigenvalue weighted by molar-refractivity contribution is 0.299. The van der Waals surface area contributed by atoms with Gasteiger partial charge < -0.3 is 5.11 Å². The van der Waals surface area contributed by atoms with Gasteiger partial charge in [0.2, 0.25) is 0 Å². The second-order valence-corrected chi connectivity index (χ2v) is 3.83. The molecule has 0 bridgehead atoms. The molecule has 1 N–H and O–H groups in total. The highest BCUT2D eigenvalue weighted by atomic mass is 16.2. The van der Waals surface area contributed by atoms with Crippen LogP contribution in [-0.2, 0) is 6.42 Å². The second-order valence-electron chi connectivity index (χ2n) is 3.83. The molecule has 2 aromatic carbocycles. The van der Waals surface area contributed by atoms with Crippen LogP contribution in [-0.4, -0.2) is 11.7 Å². The Balaban J connectivity index is 2.46. The van der Waals surface area contributed by atoms with Gasteiger partial charge in [-0.05, 0) is 29.2 Å². The minimum atomic E-state index is 0.107. The number of hydrogen-bond donors (Lipinski definition) is 1. The normalized spacial score (nSPS) is 9.88. The van der Waals surface area contributed by atoms with Crippen LogP contribution in [0.3, 0.4) is 0 Å². The Morgan fingerprint density at radius 3 is 2.47 bits per heavy atom. The van der Waals surface area contributed by atoms with Crippen LogP contribution in [0.15, 0.2) is 48.5 Å². The summed E-state index contributed by atoms with van der Waals surface area (Å²) in [5, 5.41) is 18.0. The van der Waals surface area contributed by atoms with Gasteiger partial charge >= 0.3 is 0 Å². The van der Waals surface area contributed by atoms with Gasteiger partial charge in [-0.2, -0.15) is 5.26 Å². The van der Waals surface area contributed by atoms with Crippen molar-refractivity contribution in [2.75, 3.05) is 6.61 Å². The summed E-state index contributed by atoms with van der Waals surface area (Å²) in [6, 6.07) is 17.8. The van der Waals surface area contributed by atoms with Crippen LogP contribution >= 0.6 is 0 Å². The summed E-state index contributed by atoms with van der Waals surface area (Å²) in [5.41, 5.74) is 3.63. The molecule has 84 valence electrons. The lowest BCUT2D eigenvalue weighted by atomic mass is 9.97. The van der Waals surface area contributed by atoms with Crippen LogP contribution in [0, 0.1) is 11.3 Å². The summed E-state index contributed by atoms with van der Waals surface area (Å²) >= 11 is 0. The topological polar surface area (TPSA) is 44.0 Å². The third-order valence-corrected chi connectivity index (χ3v) is 2.69. The van der Waals surface area contributed by atoms with Crippen molar-refractivity contribution < 1.29 is 5.11 Å². The third-order valence-electron chi connectivity index (χ3n) is 2.69. The van der Waals surface area contributed by atoms with Gasteiger partial charge in [-0.25, -0.2) is 0 Å². The van der Waals surface area contributed by atoms with Crippen molar-refractivity contribution in [2.45, 2.75) is 6.42 Å². The Hall–Kier alpha value is -2.11. The van der Waals surface area contributed by atoms with E-state index in [0.717, 1.165) is 16.7 Å². The van der Waals surface area contributed by atoms with Crippen LogP contribution in [0.25, 0.3) is 11.1 Å². The van der Waals surface area contributed by atoms with E-state index in [4.69, 9.17) is 10.4 Å². The number of aliphatic hydroxyl groups excluding tert-OH is 1. The van der Waals surface area contributed by atoms with Crippen molar-refractivity contribution in [3.8, 4) is 17.2 Å². The highest BCUT2D eigenvalue weighted by Gasteiger charge is 2.05. The van der Waals surface area contributed by atoms with E-state index in [9.17, 15) is 0 Å². The molecule has 0 spiro atoms. The smallest absolute Gasteiger partial charge is 0.0998 e. The number of aliphatic hydroxyl groups is 1. The van der Waals surface area contributed by atoms with Crippen molar-refractivity contribution in [3.05, 3.63) is 59.7 Å². The fourth-order valence-electron chi connectivity index (χ4n) is 1.84. The lowest BCUT2D eigenvalue weighted by Gasteiger charge is -2.06. The average Bonchev–Trinajstić information content (AvgIpc) is 2.40. The van der Waals surface area contributed by atoms with E-state index in [1.54, 1.807) is 0 Å². The molecule has 0 unspecified atom stereocenters. The van der Waals surface area contributed by atoms with E-state index >= 15 is 0 Å². The summed E-state index contributed by atoms with van der Waals surface area (Å²) in [6.07, 6.45) is 0.587. The van der Waals surface area contributed by atoms with E-state index in [0.29, 0.717) is 12.0 Å². The van der Waals surface area contributed by atoms with Gasteiger partial charge in [0.15, 0.2) is 0 Å². The summed E-state index contributed by atoms with van der Waals surface area (Å²) in [6.45, 7) is 0.107. The van der Waals surface area contributed by atoms with Crippen LogP contribution in [0.1, 0.15) is 11.1 Å². The molecule has 17 heavy (non-hydrogen) atoms. The quantitative estimate of drug-likeness (QED) is 0.869. The first kappa shape index (κ1) is 11.4. The number of benzene rings is 2. The molecule has 2 nitrogen and oxygen atoms in total. The second kappa shape index (κ2) is 5.29. The van der Waals surface area contributed by atoms with Crippen molar-refractivity contribution in [1.29, 1.82) is 5.26 Å². The standard InChI is InChI=1S/C15H13NO/c16-11-14-10-12(8-9-17)6-7-15(14)13-4-2-1-3-5-13/h1-7,10,17H,8-9H2. The Labute approximate surface area is 101 Å². The Bertz CT molecular complexity index is 541. The fourth-order valence-corrected chi connectivity index (χ4v) is 1.84. The molecule has 0 aliphatic carbocycles. The summed E-state index contributed by atoms with van der Waals surface area (Å²) in [4.78, 5) is 0. The van der Waals surface area contributed by atoms with Crippen molar-refractivity contribution in [1.82, 2.24) is 0 Å². The molecular weight excluding hydrogens is 210 g/mol. The molecular formula is C15H13NO. The van der Waals surface area contributed by atoms with E-state index in [1.165, 1.54) is 0 Å². The van der Waals surface area contributed by atoms with Gasteiger partial charge in [0.1, 0.15) is 0 Å². The minimum Gasteiger partial charge on any atom is -0.396 e. The molecule has 0 saturated heterocycles. The molecule has 0 aromatic heterocycles. The summed E-state index contributed by atoms with van der Waals surface area (Å²) in [5.74, 6) is 0. The first-order valence-corrected chi connectivity index (χ1v) is 5.54. The molecule has 2 rings (SSSR count). The van der Waals surface area contributed by atoms with Gasteiger partial charge in [-0.15, -0.1) is 0 Å². The van der Waals surface area contributed by atoms with Crippen molar-refractivity contribution in [2.24, 2.45) is 0 Å². The highest BCUT2D eigenvalue weighted by Crippen LogP contribution is 2.24. The summed E-state index contributed by atoms with van der Waals surface area (Å²) < 4.78 is 0. The van der Waals surface area contributed by atoms with Crippen LogP contribution < -0.4 is 0 Å². The molecule has 0 fully saturated rings. The zero-order chi connectivity index (χ0) is 12.1. The first-order valence-electron chi connectivity index (χ1n) is 5.54. The number of rotatable bonds is 3. The van der Waals surface area contributed by atoms with Crippen LogP contribution in [0.5, 0.6) is 0 Å². The predicted octanol–water partition coefficient (Wildman–Crippen LogP) is 2.76. The van der Waals surface area contributed by atoms with Gasteiger partial charge in [0, 0.05) is 6.61 Å². The molecule has 0 saturated carbocycles. The summed E-state index contributed by atoms with van der Waals surface area (Å²) in [7, 11) is 0. The Morgan fingerprint density at radius 2 is 1.82 bits per heavy atom. The average molecular weight is 223 g/mol. The molecule has 0 atom stereocenters. The van der Waals surface area contributed by atoms with E-state index in [2.05, 4.69) is 6.07 Å². The number of nitriles is 1. The molecule has 0 radical (unpaired) electrons. The Kier molecular flexibility index (Phi) is 3.54. The molecule has 0 heterocycles. The first-order chi connectivity index (χ1) is 8.35. The highest BCUT2D eigenvalue weighted by molar-refractivity contribution is 5.70. The molecule has 0 amide bonds. The number of nitrogens with zero attached hydrogens (tertiary/aromatic N) is 1. The van der Waals surface area contributed by atoms with Crippen LogP contribution in [0.4, 0.5) is 0 Å². The van der Waals surface area contributed by atoms with E-state index < -0.39 is 0 Å². The largest absolute Gasteiger partial charge is 0.396 e. The maximum Gasteiger partial charge on any atom is 0.0998 e. The fraction of sp³-hybridized carbons (Fsp3) is 0.133. The van der Waals surface area contributed by atoms with Crippen LogP contribution in [0.2, 0.25) is 0 Å². The SMILES string of the molecule is N#Cc1cc(CCO)ccc1-c1ccccc1. The van der Waals surface area contributed by atoms with E-state index in [-0.39, 0.29) is 6.61 Å². The zero-order valence-electron chi connectivity index (χ0n) is 9.43. The minimum absolute atomic E-state index is 0.107. The predicted molar refractivity (Wildman–Crippen MR) is 67.4 cm³/mol. The maximum absolute atomic E-state index is 9.16.